The van der Waals surface area contributed by atoms with Crippen LogP contribution in [0.15, 0.2) is 15.9 Å². The van der Waals surface area contributed by atoms with Crippen LogP contribution in [0.25, 0.3) is 0 Å². The molecule has 1 N–H and O–H groups in total. The zero-order chi connectivity index (χ0) is 11.1. The van der Waals surface area contributed by atoms with Crippen LogP contribution in [0.3, 0.4) is 0 Å². The summed E-state index contributed by atoms with van der Waals surface area (Å²) in [7, 11) is 1.66. The molecule has 0 saturated carbocycles. The van der Waals surface area contributed by atoms with Crippen LogP contribution < -0.4 is 5.32 Å². The molecular formula is C10H14BrNO2S. The lowest BCUT2D eigenvalue weighted by Crippen LogP contribution is -2.26. The van der Waals surface area contributed by atoms with E-state index >= 15 is 0 Å². The Hall–Kier alpha value is -0.390. The number of halogens is 1. The van der Waals surface area contributed by atoms with Crippen molar-refractivity contribution in [2.45, 2.75) is 12.8 Å². The molecule has 1 heterocycles. The predicted octanol–water partition coefficient (Wildman–Crippen LogP) is 2.21. The number of nitrogens with one attached hydrogen (secondary N) is 1. The Morgan fingerprint density at radius 1 is 1.60 bits per heavy atom. The molecule has 0 aliphatic rings. The molecule has 3 nitrogen and oxygen atoms in total. The molecule has 0 bridgehead atoms. The van der Waals surface area contributed by atoms with Crippen molar-refractivity contribution in [1.29, 1.82) is 0 Å². The molecule has 84 valence electrons. The van der Waals surface area contributed by atoms with Gasteiger partial charge in [-0.25, -0.2) is 0 Å². The maximum absolute atomic E-state index is 11.4. The third-order valence-corrected chi connectivity index (χ3v) is 3.43. The minimum atomic E-state index is 0.0699. The lowest BCUT2D eigenvalue weighted by atomic mass is 10.3. The average Bonchev–Trinajstić information content (AvgIpc) is 2.59. The fourth-order valence-electron chi connectivity index (χ4n) is 1.11. The first-order valence-electron chi connectivity index (χ1n) is 4.72. The van der Waals surface area contributed by atoms with Crippen molar-refractivity contribution in [1.82, 2.24) is 5.32 Å². The monoisotopic (exact) mass is 291 g/mol. The van der Waals surface area contributed by atoms with Gasteiger partial charge >= 0.3 is 0 Å². The van der Waals surface area contributed by atoms with E-state index in [0.29, 0.717) is 19.6 Å². The second kappa shape index (κ2) is 6.98. The Kier molecular flexibility index (Phi) is 5.90. The summed E-state index contributed by atoms with van der Waals surface area (Å²) in [6.07, 6.45) is 1.32. The van der Waals surface area contributed by atoms with E-state index in [0.717, 1.165) is 15.1 Å². The standard InChI is InChI=1S/C10H14BrNO2S/c1-14-6-2-5-12-10(13)7-8-3-4-9(11)15-8/h3-4H,2,5-7H2,1H3,(H,12,13). The molecule has 0 atom stereocenters. The number of methoxy groups -OCH3 is 1. The van der Waals surface area contributed by atoms with Crippen LogP contribution in [-0.2, 0) is 16.0 Å². The predicted molar refractivity (Wildman–Crippen MR) is 65.2 cm³/mol. The molecule has 0 aliphatic heterocycles. The lowest BCUT2D eigenvalue weighted by Gasteiger charge is -2.03. The maximum atomic E-state index is 11.4. The van der Waals surface area contributed by atoms with Gasteiger partial charge in [-0.05, 0) is 34.5 Å². The molecule has 1 rings (SSSR count). The molecular weight excluding hydrogens is 278 g/mol. The largest absolute Gasteiger partial charge is 0.385 e. The average molecular weight is 292 g/mol. The minimum Gasteiger partial charge on any atom is -0.385 e. The molecule has 0 saturated heterocycles. The SMILES string of the molecule is COCCCNC(=O)Cc1ccc(Br)s1. The van der Waals surface area contributed by atoms with E-state index < -0.39 is 0 Å². The highest BCUT2D eigenvalue weighted by Crippen LogP contribution is 2.22. The number of ether oxygens (including phenoxy) is 1. The molecule has 0 aliphatic carbocycles. The maximum Gasteiger partial charge on any atom is 0.225 e. The van der Waals surface area contributed by atoms with Crippen LogP contribution in [0.1, 0.15) is 11.3 Å². The summed E-state index contributed by atoms with van der Waals surface area (Å²) in [5.74, 6) is 0.0699. The van der Waals surface area contributed by atoms with E-state index in [1.807, 2.05) is 12.1 Å². The molecule has 0 spiro atoms. The van der Waals surface area contributed by atoms with E-state index in [4.69, 9.17) is 4.74 Å². The van der Waals surface area contributed by atoms with Gasteiger partial charge in [0, 0.05) is 25.1 Å². The number of rotatable bonds is 6. The number of hydrogen-bond donors (Lipinski definition) is 1. The molecule has 1 aromatic heterocycles. The summed E-state index contributed by atoms with van der Waals surface area (Å²) >= 11 is 4.96. The second-order valence-corrected chi connectivity index (χ2v) is 5.63. The normalized spacial score (nSPS) is 10.3. The summed E-state index contributed by atoms with van der Waals surface area (Å²) in [4.78, 5) is 12.5. The van der Waals surface area contributed by atoms with Gasteiger partial charge in [0.1, 0.15) is 0 Å². The van der Waals surface area contributed by atoms with Gasteiger partial charge in [-0.3, -0.25) is 4.79 Å². The van der Waals surface area contributed by atoms with Crippen LogP contribution >= 0.6 is 27.3 Å². The van der Waals surface area contributed by atoms with Crippen LogP contribution in [0.5, 0.6) is 0 Å². The molecule has 0 unspecified atom stereocenters. The molecule has 1 aromatic rings. The lowest BCUT2D eigenvalue weighted by molar-refractivity contribution is -0.120. The first-order valence-corrected chi connectivity index (χ1v) is 6.33. The Bertz CT molecular complexity index is 314. The summed E-state index contributed by atoms with van der Waals surface area (Å²) < 4.78 is 5.95. The van der Waals surface area contributed by atoms with Crippen LogP contribution in [0, 0.1) is 0 Å². The number of amides is 1. The van der Waals surface area contributed by atoms with E-state index in [9.17, 15) is 4.79 Å². The Labute approximate surface area is 102 Å². The molecule has 0 radical (unpaired) electrons. The van der Waals surface area contributed by atoms with Gasteiger partial charge in [0.2, 0.25) is 5.91 Å². The second-order valence-electron chi connectivity index (χ2n) is 3.08. The number of carbonyl (C=O) groups excluding carboxylic acids is 1. The molecule has 5 heteroatoms. The highest BCUT2D eigenvalue weighted by Gasteiger charge is 2.04. The van der Waals surface area contributed by atoms with Crippen molar-refractivity contribution in [2.24, 2.45) is 0 Å². The fraction of sp³-hybridized carbons (Fsp3) is 0.500. The van der Waals surface area contributed by atoms with Gasteiger partial charge in [-0.15, -0.1) is 11.3 Å². The Morgan fingerprint density at radius 3 is 3.00 bits per heavy atom. The number of hydrogen-bond acceptors (Lipinski definition) is 3. The zero-order valence-corrected chi connectivity index (χ0v) is 11.0. The fourth-order valence-corrected chi connectivity index (χ4v) is 2.59. The van der Waals surface area contributed by atoms with Gasteiger partial charge in [-0.2, -0.15) is 0 Å². The van der Waals surface area contributed by atoms with Crippen molar-refractivity contribution in [3.63, 3.8) is 0 Å². The van der Waals surface area contributed by atoms with Gasteiger partial charge < -0.3 is 10.1 Å². The minimum absolute atomic E-state index is 0.0699. The molecule has 0 aromatic carbocycles. The van der Waals surface area contributed by atoms with Gasteiger partial charge in [0.25, 0.3) is 0 Å². The van der Waals surface area contributed by atoms with E-state index in [1.165, 1.54) is 0 Å². The highest BCUT2D eigenvalue weighted by atomic mass is 79.9. The van der Waals surface area contributed by atoms with Crippen molar-refractivity contribution in [3.8, 4) is 0 Å². The molecule has 1 amide bonds. The first kappa shape index (κ1) is 12.7. The third kappa shape index (κ3) is 5.30. The molecule has 15 heavy (non-hydrogen) atoms. The highest BCUT2D eigenvalue weighted by molar-refractivity contribution is 9.11. The van der Waals surface area contributed by atoms with Crippen molar-refractivity contribution >= 4 is 33.2 Å². The summed E-state index contributed by atoms with van der Waals surface area (Å²) in [6.45, 7) is 1.37. The Morgan fingerprint density at radius 2 is 2.40 bits per heavy atom. The van der Waals surface area contributed by atoms with Crippen LogP contribution in [0.2, 0.25) is 0 Å². The molecule has 0 fully saturated rings. The summed E-state index contributed by atoms with van der Waals surface area (Å²) in [5, 5.41) is 2.85. The van der Waals surface area contributed by atoms with Crippen molar-refractivity contribution in [2.75, 3.05) is 20.3 Å². The van der Waals surface area contributed by atoms with Crippen LogP contribution in [0.4, 0.5) is 0 Å². The quantitative estimate of drug-likeness (QED) is 0.816. The van der Waals surface area contributed by atoms with Gasteiger partial charge in [0.05, 0.1) is 10.2 Å². The first-order chi connectivity index (χ1) is 7.22. The van der Waals surface area contributed by atoms with Gasteiger partial charge in [0.15, 0.2) is 0 Å². The topological polar surface area (TPSA) is 38.3 Å². The number of carbonyl (C=O) groups is 1. The van der Waals surface area contributed by atoms with E-state index in [2.05, 4.69) is 21.2 Å². The summed E-state index contributed by atoms with van der Waals surface area (Å²) in [5.41, 5.74) is 0. The summed E-state index contributed by atoms with van der Waals surface area (Å²) in [6, 6.07) is 3.92. The van der Waals surface area contributed by atoms with Crippen molar-refractivity contribution in [3.05, 3.63) is 20.8 Å². The van der Waals surface area contributed by atoms with E-state index in [-0.39, 0.29) is 5.91 Å². The zero-order valence-electron chi connectivity index (χ0n) is 8.59. The Balaban J connectivity index is 2.18. The van der Waals surface area contributed by atoms with Crippen molar-refractivity contribution < 1.29 is 9.53 Å². The van der Waals surface area contributed by atoms with Gasteiger partial charge in [-0.1, -0.05) is 0 Å². The van der Waals surface area contributed by atoms with E-state index in [1.54, 1.807) is 18.4 Å². The smallest absolute Gasteiger partial charge is 0.225 e. The number of thiophene rings is 1. The van der Waals surface area contributed by atoms with Crippen LogP contribution in [-0.4, -0.2) is 26.2 Å². The third-order valence-electron chi connectivity index (χ3n) is 1.81.